The molecule has 1 amide bonds. The largest absolute Gasteiger partial charge is 0.398 e. The number of benzene rings is 1. The summed E-state index contributed by atoms with van der Waals surface area (Å²) >= 11 is 0. The minimum atomic E-state index is 0.0768. The molecule has 0 bridgehead atoms. The van der Waals surface area contributed by atoms with Gasteiger partial charge in [-0.1, -0.05) is 6.07 Å². The minimum Gasteiger partial charge on any atom is -0.398 e. The van der Waals surface area contributed by atoms with Gasteiger partial charge in [0.05, 0.1) is 5.56 Å². The van der Waals surface area contributed by atoms with Gasteiger partial charge in [0, 0.05) is 37.9 Å². The van der Waals surface area contributed by atoms with Crippen LogP contribution in [0.1, 0.15) is 28.8 Å². The zero-order chi connectivity index (χ0) is 13.4. The van der Waals surface area contributed by atoms with Gasteiger partial charge in [0.2, 0.25) is 0 Å². The second-order valence-electron chi connectivity index (χ2n) is 5.65. The van der Waals surface area contributed by atoms with E-state index in [0.717, 1.165) is 37.8 Å². The van der Waals surface area contributed by atoms with Crippen molar-refractivity contribution in [3.05, 3.63) is 29.3 Å². The minimum absolute atomic E-state index is 0.0768. The van der Waals surface area contributed by atoms with E-state index in [0.29, 0.717) is 11.3 Å². The second kappa shape index (κ2) is 4.85. The Hall–Kier alpha value is -1.55. The average molecular weight is 259 g/mol. The molecule has 3 rings (SSSR count). The Kier molecular flexibility index (Phi) is 3.19. The van der Waals surface area contributed by atoms with E-state index >= 15 is 0 Å². The molecular formula is C15H21N3O. The van der Waals surface area contributed by atoms with E-state index < -0.39 is 0 Å². The highest BCUT2D eigenvalue weighted by molar-refractivity contribution is 5.99. The van der Waals surface area contributed by atoms with Gasteiger partial charge >= 0.3 is 0 Å². The fourth-order valence-corrected chi connectivity index (χ4v) is 2.78. The first-order valence-electron chi connectivity index (χ1n) is 7.04. The Morgan fingerprint density at radius 2 is 1.89 bits per heavy atom. The van der Waals surface area contributed by atoms with Crippen LogP contribution in [0.3, 0.4) is 0 Å². The molecule has 1 heterocycles. The SMILES string of the molecule is Cc1ccc(C(=O)N2CCN(C3CC3)CC2)c(N)c1. The summed E-state index contributed by atoms with van der Waals surface area (Å²) < 4.78 is 0. The van der Waals surface area contributed by atoms with E-state index in [9.17, 15) is 4.79 Å². The molecule has 1 aliphatic carbocycles. The third kappa shape index (κ3) is 2.59. The zero-order valence-electron chi connectivity index (χ0n) is 11.4. The van der Waals surface area contributed by atoms with E-state index in [2.05, 4.69) is 4.90 Å². The van der Waals surface area contributed by atoms with Crippen molar-refractivity contribution in [2.24, 2.45) is 0 Å². The summed E-state index contributed by atoms with van der Waals surface area (Å²) in [4.78, 5) is 16.9. The lowest BCUT2D eigenvalue weighted by Crippen LogP contribution is -2.49. The Labute approximate surface area is 114 Å². The van der Waals surface area contributed by atoms with E-state index in [-0.39, 0.29) is 5.91 Å². The fourth-order valence-electron chi connectivity index (χ4n) is 2.78. The maximum Gasteiger partial charge on any atom is 0.256 e. The zero-order valence-corrected chi connectivity index (χ0v) is 11.4. The predicted octanol–water partition coefficient (Wildman–Crippen LogP) is 1.50. The maximum atomic E-state index is 12.5. The number of carbonyl (C=O) groups is 1. The van der Waals surface area contributed by atoms with Gasteiger partial charge in [-0.2, -0.15) is 0 Å². The summed E-state index contributed by atoms with van der Waals surface area (Å²) in [7, 11) is 0. The van der Waals surface area contributed by atoms with E-state index in [4.69, 9.17) is 5.73 Å². The van der Waals surface area contributed by atoms with E-state index in [1.54, 1.807) is 0 Å². The molecule has 1 aromatic carbocycles. The Bertz CT molecular complexity index is 488. The lowest BCUT2D eigenvalue weighted by molar-refractivity contribution is 0.0628. The van der Waals surface area contributed by atoms with Gasteiger partial charge in [0.15, 0.2) is 0 Å². The molecule has 2 aliphatic rings. The smallest absolute Gasteiger partial charge is 0.256 e. The Balaban J connectivity index is 1.67. The molecule has 1 saturated carbocycles. The fraction of sp³-hybridized carbons (Fsp3) is 0.533. The maximum absolute atomic E-state index is 12.5. The highest BCUT2D eigenvalue weighted by atomic mass is 16.2. The van der Waals surface area contributed by atoms with Crippen molar-refractivity contribution in [1.29, 1.82) is 0 Å². The molecule has 1 aliphatic heterocycles. The third-order valence-electron chi connectivity index (χ3n) is 4.10. The average Bonchev–Trinajstić information content (AvgIpc) is 3.22. The molecule has 2 fully saturated rings. The monoisotopic (exact) mass is 259 g/mol. The number of hydrogen-bond donors (Lipinski definition) is 1. The van der Waals surface area contributed by atoms with Gasteiger partial charge in [-0.25, -0.2) is 0 Å². The number of rotatable bonds is 2. The number of nitrogen functional groups attached to an aromatic ring is 1. The van der Waals surface area contributed by atoms with Crippen molar-refractivity contribution in [1.82, 2.24) is 9.80 Å². The van der Waals surface area contributed by atoms with Gasteiger partial charge in [-0.3, -0.25) is 9.69 Å². The topological polar surface area (TPSA) is 49.6 Å². The first-order valence-corrected chi connectivity index (χ1v) is 7.04. The van der Waals surface area contributed by atoms with Crippen LogP contribution in [0.15, 0.2) is 18.2 Å². The lowest BCUT2D eigenvalue weighted by atomic mass is 10.1. The van der Waals surface area contributed by atoms with Gasteiger partial charge in [0.25, 0.3) is 5.91 Å². The molecule has 0 aromatic heterocycles. The van der Waals surface area contributed by atoms with Crippen LogP contribution in [0.2, 0.25) is 0 Å². The molecular weight excluding hydrogens is 238 g/mol. The van der Waals surface area contributed by atoms with Crippen LogP contribution >= 0.6 is 0 Å². The number of nitrogens with two attached hydrogens (primary N) is 1. The number of nitrogens with zero attached hydrogens (tertiary/aromatic N) is 2. The van der Waals surface area contributed by atoms with E-state index in [1.165, 1.54) is 12.8 Å². The molecule has 2 N–H and O–H groups in total. The van der Waals surface area contributed by atoms with Gasteiger partial charge < -0.3 is 10.6 Å². The van der Waals surface area contributed by atoms with E-state index in [1.807, 2.05) is 30.0 Å². The summed E-state index contributed by atoms with van der Waals surface area (Å²) in [6.45, 7) is 5.63. The van der Waals surface area contributed by atoms with Crippen LogP contribution in [0.25, 0.3) is 0 Å². The van der Waals surface area contributed by atoms with Gasteiger partial charge in [-0.05, 0) is 37.5 Å². The molecule has 4 nitrogen and oxygen atoms in total. The quantitative estimate of drug-likeness (QED) is 0.819. The lowest BCUT2D eigenvalue weighted by Gasteiger charge is -2.35. The molecule has 1 saturated heterocycles. The molecule has 19 heavy (non-hydrogen) atoms. The predicted molar refractivity (Wildman–Crippen MR) is 76.1 cm³/mol. The van der Waals surface area contributed by atoms with Crippen molar-refractivity contribution >= 4 is 11.6 Å². The highest BCUT2D eigenvalue weighted by Gasteiger charge is 2.32. The van der Waals surface area contributed by atoms with Crippen LogP contribution in [0, 0.1) is 6.92 Å². The molecule has 4 heteroatoms. The number of carbonyl (C=O) groups excluding carboxylic acids is 1. The number of anilines is 1. The number of amides is 1. The summed E-state index contributed by atoms with van der Waals surface area (Å²) in [5, 5.41) is 0. The van der Waals surface area contributed by atoms with Crippen LogP contribution in [-0.4, -0.2) is 47.9 Å². The number of piperazine rings is 1. The third-order valence-corrected chi connectivity index (χ3v) is 4.10. The summed E-state index contributed by atoms with van der Waals surface area (Å²) in [5.74, 6) is 0.0768. The van der Waals surface area contributed by atoms with Crippen molar-refractivity contribution in [2.45, 2.75) is 25.8 Å². The van der Waals surface area contributed by atoms with Crippen molar-refractivity contribution in [2.75, 3.05) is 31.9 Å². The molecule has 1 aromatic rings. The molecule has 0 unspecified atom stereocenters. The highest BCUT2D eigenvalue weighted by Crippen LogP contribution is 2.28. The normalized spacial score (nSPS) is 20.6. The van der Waals surface area contributed by atoms with Gasteiger partial charge in [0.1, 0.15) is 0 Å². The van der Waals surface area contributed by atoms with Crippen LogP contribution in [-0.2, 0) is 0 Å². The summed E-state index contributed by atoms with van der Waals surface area (Å²) in [6, 6.07) is 6.46. The van der Waals surface area contributed by atoms with Crippen LogP contribution in [0.5, 0.6) is 0 Å². The second-order valence-corrected chi connectivity index (χ2v) is 5.65. The summed E-state index contributed by atoms with van der Waals surface area (Å²) in [6.07, 6.45) is 2.66. The van der Waals surface area contributed by atoms with Crippen LogP contribution < -0.4 is 5.73 Å². The molecule has 102 valence electrons. The first kappa shape index (κ1) is 12.5. The standard InChI is InChI=1S/C15H21N3O/c1-11-2-5-13(14(16)10-11)15(19)18-8-6-17(7-9-18)12-3-4-12/h2,5,10,12H,3-4,6-9,16H2,1H3. The van der Waals surface area contributed by atoms with Gasteiger partial charge in [-0.15, -0.1) is 0 Å². The first-order chi connectivity index (χ1) is 9.15. The Morgan fingerprint density at radius 3 is 2.47 bits per heavy atom. The van der Waals surface area contributed by atoms with Crippen LogP contribution in [0.4, 0.5) is 5.69 Å². The molecule has 0 radical (unpaired) electrons. The number of hydrogen-bond acceptors (Lipinski definition) is 3. The summed E-state index contributed by atoms with van der Waals surface area (Å²) in [5.41, 5.74) is 8.28. The van der Waals surface area contributed by atoms with Crippen molar-refractivity contribution in [3.8, 4) is 0 Å². The molecule has 0 spiro atoms. The molecule has 0 atom stereocenters. The Morgan fingerprint density at radius 1 is 1.21 bits per heavy atom. The van der Waals surface area contributed by atoms with Crippen molar-refractivity contribution < 1.29 is 4.79 Å². The van der Waals surface area contributed by atoms with Crippen molar-refractivity contribution in [3.63, 3.8) is 0 Å². The number of aryl methyl sites for hydroxylation is 1.